The molecule has 40 heavy (non-hydrogen) atoms. The first-order valence-corrected chi connectivity index (χ1v) is 17.8. The van der Waals surface area contributed by atoms with Crippen LogP contribution in [0.3, 0.4) is 0 Å². The summed E-state index contributed by atoms with van der Waals surface area (Å²) in [5.74, 6) is 1.65. The SMILES string of the molecule is CCCCCCCCCCCCCCCCCCOc1cc(CO)cc(OCCCCCCCCCCCC)c1. The smallest absolute Gasteiger partial charge is 0.123 e. The number of hydrogen-bond acceptors (Lipinski definition) is 3. The summed E-state index contributed by atoms with van der Waals surface area (Å²) in [5, 5.41) is 9.66. The molecule has 1 aromatic carbocycles. The maximum absolute atomic E-state index is 9.66. The van der Waals surface area contributed by atoms with E-state index in [1.165, 1.54) is 154 Å². The summed E-state index contributed by atoms with van der Waals surface area (Å²) < 4.78 is 12.0. The Hall–Kier alpha value is -1.22. The highest BCUT2D eigenvalue weighted by Crippen LogP contribution is 2.24. The van der Waals surface area contributed by atoms with Gasteiger partial charge in [-0.3, -0.25) is 0 Å². The first-order chi connectivity index (χ1) is 19.8. The number of benzene rings is 1. The molecular formula is C37H68O3. The van der Waals surface area contributed by atoms with Gasteiger partial charge in [-0.2, -0.15) is 0 Å². The second-order valence-corrected chi connectivity index (χ2v) is 12.2. The fourth-order valence-corrected chi connectivity index (χ4v) is 5.51. The van der Waals surface area contributed by atoms with E-state index < -0.39 is 0 Å². The fourth-order valence-electron chi connectivity index (χ4n) is 5.51. The molecule has 3 heteroatoms. The van der Waals surface area contributed by atoms with Crippen LogP contribution in [0.1, 0.15) is 186 Å². The van der Waals surface area contributed by atoms with E-state index >= 15 is 0 Å². The molecule has 0 heterocycles. The van der Waals surface area contributed by atoms with E-state index in [-0.39, 0.29) is 6.61 Å². The zero-order valence-electron chi connectivity index (χ0n) is 27.0. The molecule has 0 aliphatic rings. The van der Waals surface area contributed by atoms with Gasteiger partial charge in [0.2, 0.25) is 0 Å². The maximum atomic E-state index is 9.66. The summed E-state index contributed by atoms with van der Waals surface area (Å²) in [6, 6.07) is 5.87. The molecule has 0 unspecified atom stereocenters. The second-order valence-electron chi connectivity index (χ2n) is 12.2. The van der Waals surface area contributed by atoms with Crippen LogP contribution in [0, 0.1) is 0 Å². The molecule has 0 aliphatic carbocycles. The molecule has 0 fully saturated rings. The Morgan fingerprint density at radius 3 is 0.950 bits per heavy atom. The fraction of sp³-hybridized carbons (Fsp3) is 0.838. The van der Waals surface area contributed by atoms with E-state index in [1.807, 2.05) is 18.2 Å². The van der Waals surface area contributed by atoms with Gasteiger partial charge >= 0.3 is 0 Å². The predicted octanol–water partition coefficient (Wildman–Crippen LogP) is 12.1. The number of ether oxygens (including phenoxy) is 2. The highest BCUT2D eigenvalue weighted by atomic mass is 16.5. The molecule has 1 N–H and O–H groups in total. The average molecular weight is 561 g/mol. The summed E-state index contributed by atoms with van der Waals surface area (Å²) in [6.45, 7) is 6.07. The van der Waals surface area contributed by atoms with Crippen molar-refractivity contribution in [2.24, 2.45) is 0 Å². The molecular weight excluding hydrogens is 492 g/mol. The van der Waals surface area contributed by atoms with E-state index in [2.05, 4.69) is 13.8 Å². The molecule has 0 amide bonds. The Labute approximate surface area is 250 Å². The minimum atomic E-state index is 0.0187. The minimum Gasteiger partial charge on any atom is -0.493 e. The second kappa shape index (κ2) is 29.3. The Balaban J connectivity index is 1.99. The summed E-state index contributed by atoms with van der Waals surface area (Å²) in [7, 11) is 0. The van der Waals surface area contributed by atoms with Crippen molar-refractivity contribution in [3.8, 4) is 11.5 Å². The lowest BCUT2D eigenvalue weighted by Gasteiger charge is -2.12. The van der Waals surface area contributed by atoms with E-state index in [9.17, 15) is 5.11 Å². The van der Waals surface area contributed by atoms with Gasteiger partial charge in [-0.1, -0.05) is 168 Å². The summed E-state index contributed by atoms with van der Waals surface area (Å²) in [4.78, 5) is 0. The van der Waals surface area contributed by atoms with Crippen LogP contribution in [0.15, 0.2) is 18.2 Å². The van der Waals surface area contributed by atoms with E-state index in [0.717, 1.165) is 43.1 Å². The van der Waals surface area contributed by atoms with Crippen LogP contribution in [0.25, 0.3) is 0 Å². The number of rotatable bonds is 31. The van der Waals surface area contributed by atoms with Crippen molar-refractivity contribution in [1.82, 2.24) is 0 Å². The first-order valence-electron chi connectivity index (χ1n) is 17.8. The third kappa shape index (κ3) is 23.5. The zero-order valence-corrected chi connectivity index (χ0v) is 27.0. The molecule has 234 valence electrons. The average Bonchev–Trinajstić information content (AvgIpc) is 2.97. The molecule has 1 aromatic rings. The molecule has 0 saturated heterocycles. The molecule has 0 spiro atoms. The van der Waals surface area contributed by atoms with E-state index in [1.54, 1.807) is 0 Å². The van der Waals surface area contributed by atoms with Gasteiger partial charge in [0.15, 0.2) is 0 Å². The largest absolute Gasteiger partial charge is 0.493 e. The van der Waals surface area contributed by atoms with Crippen LogP contribution in [0.5, 0.6) is 11.5 Å². The van der Waals surface area contributed by atoms with Crippen LogP contribution in [0.2, 0.25) is 0 Å². The summed E-state index contributed by atoms with van der Waals surface area (Å²) in [5.41, 5.74) is 0.863. The Kier molecular flexibility index (Phi) is 26.9. The van der Waals surface area contributed by atoms with Crippen LogP contribution >= 0.6 is 0 Å². The Morgan fingerprint density at radius 1 is 0.400 bits per heavy atom. The van der Waals surface area contributed by atoms with Crippen LogP contribution in [0.4, 0.5) is 0 Å². The molecule has 0 atom stereocenters. The van der Waals surface area contributed by atoms with Crippen molar-refractivity contribution < 1.29 is 14.6 Å². The van der Waals surface area contributed by atoms with Crippen molar-refractivity contribution in [3.05, 3.63) is 23.8 Å². The van der Waals surface area contributed by atoms with E-state index in [0.29, 0.717) is 0 Å². The Bertz CT molecular complexity index is 644. The number of aliphatic hydroxyl groups excluding tert-OH is 1. The molecule has 0 bridgehead atoms. The van der Waals surface area contributed by atoms with Crippen molar-refractivity contribution >= 4 is 0 Å². The van der Waals surface area contributed by atoms with Gasteiger partial charge in [-0.25, -0.2) is 0 Å². The van der Waals surface area contributed by atoms with Crippen molar-refractivity contribution in [3.63, 3.8) is 0 Å². The van der Waals surface area contributed by atoms with Crippen LogP contribution in [-0.2, 0) is 6.61 Å². The van der Waals surface area contributed by atoms with Crippen molar-refractivity contribution in [2.45, 2.75) is 187 Å². The van der Waals surface area contributed by atoms with Gasteiger partial charge in [0.05, 0.1) is 19.8 Å². The molecule has 0 radical (unpaired) electrons. The van der Waals surface area contributed by atoms with Crippen LogP contribution in [-0.4, -0.2) is 18.3 Å². The van der Waals surface area contributed by atoms with Crippen LogP contribution < -0.4 is 9.47 Å². The topological polar surface area (TPSA) is 38.7 Å². The zero-order chi connectivity index (χ0) is 28.8. The predicted molar refractivity (Wildman–Crippen MR) is 175 cm³/mol. The first kappa shape index (κ1) is 36.8. The van der Waals surface area contributed by atoms with Gasteiger partial charge in [0, 0.05) is 6.07 Å². The quantitative estimate of drug-likeness (QED) is 0.0918. The lowest BCUT2D eigenvalue weighted by Crippen LogP contribution is -2.01. The molecule has 0 aliphatic heterocycles. The standard InChI is InChI=1S/C37H68O3/c1-3-5-7-9-11-13-15-16-17-18-19-20-22-24-26-28-30-40-37-32-35(34-38)31-36(33-37)39-29-27-25-23-21-14-12-10-8-6-4-2/h31-33,38H,3-30,34H2,1-2H3. The minimum absolute atomic E-state index is 0.0187. The van der Waals surface area contributed by atoms with Crippen molar-refractivity contribution in [1.29, 1.82) is 0 Å². The summed E-state index contributed by atoms with van der Waals surface area (Å²) >= 11 is 0. The highest BCUT2D eigenvalue weighted by molar-refractivity contribution is 5.38. The number of aliphatic hydroxyl groups is 1. The summed E-state index contributed by atoms with van der Waals surface area (Å²) in [6.07, 6.45) is 35.4. The number of hydrogen-bond donors (Lipinski definition) is 1. The molecule has 3 nitrogen and oxygen atoms in total. The van der Waals surface area contributed by atoms with Gasteiger partial charge in [-0.05, 0) is 30.5 Å². The van der Waals surface area contributed by atoms with Gasteiger partial charge in [0.1, 0.15) is 11.5 Å². The molecule has 1 rings (SSSR count). The third-order valence-corrected chi connectivity index (χ3v) is 8.16. The third-order valence-electron chi connectivity index (χ3n) is 8.16. The monoisotopic (exact) mass is 561 g/mol. The highest BCUT2D eigenvalue weighted by Gasteiger charge is 2.04. The Morgan fingerprint density at radius 2 is 0.675 bits per heavy atom. The van der Waals surface area contributed by atoms with E-state index in [4.69, 9.17) is 9.47 Å². The maximum Gasteiger partial charge on any atom is 0.123 e. The lowest BCUT2D eigenvalue weighted by atomic mass is 10.0. The van der Waals surface area contributed by atoms with Gasteiger partial charge < -0.3 is 14.6 Å². The number of unbranched alkanes of at least 4 members (excludes halogenated alkanes) is 24. The normalized spacial score (nSPS) is 11.3. The molecule has 0 saturated carbocycles. The van der Waals surface area contributed by atoms with Gasteiger partial charge in [-0.15, -0.1) is 0 Å². The van der Waals surface area contributed by atoms with Gasteiger partial charge in [0.25, 0.3) is 0 Å². The van der Waals surface area contributed by atoms with Crippen molar-refractivity contribution in [2.75, 3.05) is 13.2 Å². The lowest BCUT2D eigenvalue weighted by molar-refractivity contribution is 0.271. The molecule has 0 aromatic heterocycles.